The van der Waals surface area contributed by atoms with Gasteiger partial charge < -0.3 is 16.8 Å². The van der Waals surface area contributed by atoms with Gasteiger partial charge in [0.05, 0.1) is 5.69 Å². The van der Waals surface area contributed by atoms with E-state index in [4.69, 9.17) is 11.5 Å². The lowest BCUT2D eigenvalue weighted by molar-refractivity contribution is -0.123. The van der Waals surface area contributed by atoms with Gasteiger partial charge in [-0.2, -0.15) is 4.37 Å². The Hall–Kier alpha value is -3.72. The summed E-state index contributed by atoms with van der Waals surface area (Å²) in [5.74, 6) is -1.04. The van der Waals surface area contributed by atoms with Gasteiger partial charge in [-0.25, -0.2) is 0 Å². The first-order chi connectivity index (χ1) is 19.8. The number of rotatable bonds is 8. The highest BCUT2D eigenvalue weighted by atomic mass is 32.1. The summed E-state index contributed by atoms with van der Waals surface area (Å²) in [5.41, 5.74) is 15.0. The van der Waals surface area contributed by atoms with Crippen LogP contribution in [-0.2, 0) is 4.79 Å². The molecule has 1 aromatic heterocycles. The Morgan fingerprint density at radius 1 is 0.902 bits per heavy atom. The van der Waals surface area contributed by atoms with Crippen LogP contribution in [0.5, 0.6) is 0 Å². The van der Waals surface area contributed by atoms with Crippen molar-refractivity contribution in [2.24, 2.45) is 5.73 Å². The lowest BCUT2D eigenvalue weighted by atomic mass is 9.84. The molecule has 2 saturated carbocycles. The predicted octanol–water partition coefficient (Wildman–Crippen LogP) is 6.02. The number of anilines is 2. The highest BCUT2D eigenvalue weighted by molar-refractivity contribution is 7.09. The maximum atomic E-state index is 14.4. The number of primary amides is 1. The first-order valence-corrected chi connectivity index (χ1v) is 15.5. The molecular formula is C32H39N5O3S. The van der Waals surface area contributed by atoms with E-state index in [1.165, 1.54) is 36.1 Å². The Morgan fingerprint density at radius 2 is 1.51 bits per heavy atom. The number of nitrogens with zero attached hydrogens (tertiary/aromatic N) is 2. The molecule has 41 heavy (non-hydrogen) atoms. The van der Waals surface area contributed by atoms with E-state index in [1.807, 2.05) is 43.3 Å². The van der Waals surface area contributed by atoms with Gasteiger partial charge >= 0.3 is 0 Å². The van der Waals surface area contributed by atoms with Crippen molar-refractivity contribution in [3.63, 3.8) is 0 Å². The number of aryl methyl sites for hydroxylation is 1. The Morgan fingerprint density at radius 3 is 2.10 bits per heavy atom. The van der Waals surface area contributed by atoms with Crippen molar-refractivity contribution in [1.82, 2.24) is 9.69 Å². The largest absolute Gasteiger partial charge is 0.395 e. The highest BCUT2D eigenvalue weighted by Gasteiger charge is 2.37. The summed E-state index contributed by atoms with van der Waals surface area (Å²) >= 11 is 0.825. The second-order valence-electron chi connectivity index (χ2n) is 11.4. The fourth-order valence-electron chi connectivity index (χ4n) is 6.16. The fraction of sp³-hybridized carbons (Fsp3) is 0.438. The minimum absolute atomic E-state index is 0.0600. The van der Waals surface area contributed by atoms with Crippen molar-refractivity contribution in [2.45, 2.75) is 89.1 Å². The van der Waals surface area contributed by atoms with Gasteiger partial charge in [-0.05, 0) is 73.3 Å². The Kier molecular flexibility index (Phi) is 9.03. The van der Waals surface area contributed by atoms with Crippen LogP contribution in [0.1, 0.15) is 113 Å². The Balaban J connectivity index is 1.58. The molecule has 0 radical (unpaired) electrons. The minimum atomic E-state index is -0.955. The number of hydrogen-bond acceptors (Lipinski definition) is 6. The smallest absolute Gasteiger partial charge is 0.273 e. The topological polar surface area (TPSA) is 131 Å². The summed E-state index contributed by atoms with van der Waals surface area (Å²) in [4.78, 5) is 42.0. The average molecular weight is 574 g/mol. The van der Waals surface area contributed by atoms with E-state index in [0.29, 0.717) is 17.2 Å². The normalized spacial score (nSPS) is 17.1. The summed E-state index contributed by atoms with van der Waals surface area (Å²) in [6.07, 6.45) is 11.2. The number of aromatic nitrogens is 1. The van der Waals surface area contributed by atoms with Gasteiger partial charge in [0.2, 0.25) is 5.91 Å². The van der Waals surface area contributed by atoms with Crippen LogP contribution >= 0.6 is 11.5 Å². The lowest BCUT2D eigenvalue weighted by Gasteiger charge is -2.33. The third-order valence-electron chi connectivity index (χ3n) is 8.47. The quantitative estimate of drug-likeness (QED) is 0.303. The van der Waals surface area contributed by atoms with Crippen LogP contribution in [0.3, 0.4) is 0 Å². The minimum Gasteiger partial charge on any atom is -0.395 e. The van der Waals surface area contributed by atoms with Crippen molar-refractivity contribution in [1.29, 1.82) is 0 Å². The third-order valence-corrected chi connectivity index (χ3v) is 9.32. The van der Waals surface area contributed by atoms with E-state index in [-0.39, 0.29) is 28.2 Å². The number of hydrogen-bond donors (Lipinski definition) is 3. The first kappa shape index (κ1) is 28.8. The summed E-state index contributed by atoms with van der Waals surface area (Å²) in [6.45, 7) is 1.98. The number of nitrogens with two attached hydrogens (primary N) is 2. The number of benzene rings is 2. The van der Waals surface area contributed by atoms with Gasteiger partial charge in [-0.1, -0.05) is 80.5 Å². The van der Waals surface area contributed by atoms with Crippen LogP contribution in [0.4, 0.5) is 11.4 Å². The molecule has 0 aliphatic heterocycles. The predicted molar refractivity (Wildman–Crippen MR) is 163 cm³/mol. The van der Waals surface area contributed by atoms with Gasteiger partial charge in [0.1, 0.15) is 10.9 Å². The molecule has 2 aromatic carbocycles. The van der Waals surface area contributed by atoms with Crippen LogP contribution in [0.2, 0.25) is 0 Å². The van der Waals surface area contributed by atoms with Gasteiger partial charge in [-0.3, -0.25) is 19.3 Å². The van der Waals surface area contributed by atoms with Crippen molar-refractivity contribution < 1.29 is 14.4 Å². The number of nitrogen functional groups attached to an aromatic ring is 1. The maximum Gasteiger partial charge on any atom is 0.273 e. The zero-order valence-corrected chi connectivity index (χ0v) is 24.4. The molecule has 8 nitrogen and oxygen atoms in total. The number of carbonyl (C=O) groups is 3. The molecule has 0 bridgehead atoms. The zero-order chi connectivity index (χ0) is 28.9. The van der Waals surface area contributed by atoms with Crippen molar-refractivity contribution in [2.75, 3.05) is 10.6 Å². The molecule has 5 N–H and O–H groups in total. The Labute approximate surface area is 245 Å². The lowest BCUT2D eigenvalue weighted by Crippen LogP contribution is -2.47. The summed E-state index contributed by atoms with van der Waals surface area (Å²) in [6, 6.07) is 14.8. The van der Waals surface area contributed by atoms with Gasteiger partial charge in [0.15, 0.2) is 5.69 Å². The molecule has 0 spiro atoms. The molecule has 9 heteroatoms. The third kappa shape index (κ3) is 6.45. The van der Waals surface area contributed by atoms with E-state index in [1.54, 1.807) is 0 Å². The number of amides is 3. The number of carbonyl (C=O) groups excluding carboxylic acids is 3. The average Bonchev–Trinajstić information content (AvgIpc) is 3.39. The summed E-state index contributed by atoms with van der Waals surface area (Å²) in [5, 5.41) is 3.24. The molecule has 0 saturated heterocycles. The second-order valence-corrected chi connectivity index (χ2v) is 12.2. The monoisotopic (exact) mass is 573 g/mol. The van der Waals surface area contributed by atoms with Crippen molar-refractivity contribution in [3.8, 4) is 0 Å². The van der Waals surface area contributed by atoms with E-state index < -0.39 is 17.9 Å². The van der Waals surface area contributed by atoms with Gasteiger partial charge in [0, 0.05) is 11.7 Å². The summed E-state index contributed by atoms with van der Waals surface area (Å²) < 4.78 is 4.06. The van der Waals surface area contributed by atoms with Crippen LogP contribution in [0.15, 0.2) is 48.5 Å². The molecule has 1 unspecified atom stereocenters. The Bertz CT molecular complexity index is 1370. The molecule has 2 aliphatic carbocycles. The highest BCUT2D eigenvalue weighted by Crippen LogP contribution is 2.37. The van der Waals surface area contributed by atoms with Crippen LogP contribution < -0.4 is 21.7 Å². The molecule has 2 aliphatic rings. The van der Waals surface area contributed by atoms with Crippen LogP contribution in [0.25, 0.3) is 0 Å². The first-order valence-electron chi connectivity index (χ1n) is 14.7. The van der Waals surface area contributed by atoms with E-state index >= 15 is 0 Å². The standard InChI is InChI=1S/C32H39N5O3S/c1-20-12-14-23(15-13-20)28(31(39)35-24-10-6-3-7-11-24)37(32(40)29-26(33)27(30(34)38)36-41-29)25-18-16-22(17-19-25)21-8-4-2-5-9-21/h12-19,21,24,28H,2-11,33H2,1H3,(H2,34,38)(H,35,39). The fourth-order valence-corrected chi connectivity index (χ4v) is 6.90. The molecule has 1 atom stereocenters. The number of nitrogens with one attached hydrogen (secondary N) is 1. The molecular weight excluding hydrogens is 534 g/mol. The second kappa shape index (κ2) is 12.9. The molecule has 1 heterocycles. The maximum absolute atomic E-state index is 14.4. The van der Waals surface area contributed by atoms with E-state index in [0.717, 1.165) is 55.6 Å². The van der Waals surface area contributed by atoms with E-state index in [2.05, 4.69) is 21.8 Å². The van der Waals surface area contributed by atoms with Gasteiger partial charge in [-0.15, -0.1) is 0 Å². The van der Waals surface area contributed by atoms with E-state index in [9.17, 15) is 14.4 Å². The van der Waals surface area contributed by atoms with Crippen molar-refractivity contribution >= 4 is 40.6 Å². The molecule has 3 amide bonds. The van der Waals surface area contributed by atoms with Crippen LogP contribution in [-0.4, -0.2) is 28.1 Å². The summed E-state index contributed by atoms with van der Waals surface area (Å²) in [7, 11) is 0. The van der Waals surface area contributed by atoms with Crippen molar-refractivity contribution in [3.05, 3.63) is 75.8 Å². The SMILES string of the molecule is Cc1ccc(C(C(=O)NC2CCCCC2)N(C(=O)c2snc(C(N)=O)c2N)c2ccc(C3CCCCC3)cc2)cc1. The van der Waals surface area contributed by atoms with Crippen LogP contribution in [0, 0.1) is 6.92 Å². The van der Waals surface area contributed by atoms with Gasteiger partial charge in [0.25, 0.3) is 11.8 Å². The molecule has 216 valence electrons. The molecule has 3 aromatic rings. The zero-order valence-electron chi connectivity index (χ0n) is 23.6. The molecule has 2 fully saturated rings. The molecule has 5 rings (SSSR count).